The third-order valence-electron chi connectivity index (χ3n) is 7.94. The second kappa shape index (κ2) is 9.46. The largest absolute Gasteiger partial charge is 0.490 e. The Morgan fingerprint density at radius 1 is 1.32 bits per heavy atom. The smallest absolute Gasteiger partial charge is 0.255 e. The van der Waals surface area contributed by atoms with Crippen molar-refractivity contribution >= 4 is 17.3 Å². The number of fused-ring (bicyclic) bond motifs is 2. The van der Waals surface area contributed by atoms with Crippen LogP contribution in [0.5, 0.6) is 5.75 Å². The number of aromatic amines is 1. The molecule has 194 valence electrons. The number of aromatic nitrogens is 2. The van der Waals surface area contributed by atoms with E-state index in [1.807, 2.05) is 19.1 Å². The summed E-state index contributed by atoms with van der Waals surface area (Å²) in [4.78, 5) is 23.4. The van der Waals surface area contributed by atoms with E-state index in [2.05, 4.69) is 32.5 Å². The summed E-state index contributed by atoms with van der Waals surface area (Å²) in [5, 5.41) is 6.51. The van der Waals surface area contributed by atoms with Crippen molar-refractivity contribution in [3.63, 3.8) is 0 Å². The first-order chi connectivity index (χ1) is 18.0. The first kappa shape index (κ1) is 23.9. The lowest BCUT2D eigenvalue weighted by molar-refractivity contribution is -0.0107. The van der Waals surface area contributed by atoms with Gasteiger partial charge in [-0.25, -0.2) is 4.39 Å². The van der Waals surface area contributed by atoms with Gasteiger partial charge in [0.2, 0.25) is 0 Å². The number of anilines is 2. The summed E-state index contributed by atoms with van der Waals surface area (Å²) in [5.41, 5.74) is 4.84. The Bertz CT molecular complexity index is 1340. The fraction of sp³-hybridized carbons (Fsp3) is 0.429. The summed E-state index contributed by atoms with van der Waals surface area (Å²) in [6.07, 6.45) is 5.96. The van der Waals surface area contributed by atoms with Gasteiger partial charge in [0.15, 0.2) is 0 Å². The summed E-state index contributed by atoms with van der Waals surface area (Å²) in [7, 11) is 2.07. The molecule has 1 saturated heterocycles. The Labute approximate surface area is 215 Å². The highest BCUT2D eigenvalue weighted by atomic mass is 19.1. The lowest BCUT2D eigenvalue weighted by Gasteiger charge is -2.32. The zero-order valence-electron chi connectivity index (χ0n) is 21.2. The van der Waals surface area contributed by atoms with E-state index in [-0.39, 0.29) is 23.2 Å². The van der Waals surface area contributed by atoms with E-state index in [0.29, 0.717) is 54.4 Å². The van der Waals surface area contributed by atoms with Gasteiger partial charge in [-0.05, 0) is 44.5 Å². The molecule has 37 heavy (non-hydrogen) atoms. The van der Waals surface area contributed by atoms with Crippen molar-refractivity contribution in [2.24, 2.45) is 0 Å². The summed E-state index contributed by atoms with van der Waals surface area (Å²) in [6, 6.07) is 7.02. The predicted molar refractivity (Wildman–Crippen MR) is 139 cm³/mol. The van der Waals surface area contributed by atoms with Crippen molar-refractivity contribution in [3.05, 3.63) is 59.3 Å². The number of nitrogens with one attached hydrogen (secondary N) is 3. The first-order valence-corrected chi connectivity index (χ1v) is 12.9. The molecule has 1 aromatic carbocycles. The standard InChI is InChI=1S/C28H32FN5O3/c1-3-18-20(29)5-4-6-21(18)32-25-23-26(28(8-9-28)16-31-27(23)35)33-24(25)19-7-10-30-13-22(19)37-15-17-14-36-12-11-34(17)2/h4-7,10,13,17,32-33H,3,8-9,11-12,14-16H2,1-2H3,(H,31,35)/t17-/m1/s1. The molecule has 1 spiro atoms. The van der Waals surface area contributed by atoms with E-state index in [4.69, 9.17) is 9.47 Å². The maximum Gasteiger partial charge on any atom is 0.255 e. The average Bonchev–Trinajstić information content (AvgIpc) is 3.59. The summed E-state index contributed by atoms with van der Waals surface area (Å²) >= 11 is 0. The fourth-order valence-electron chi connectivity index (χ4n) is 5.43. The second-order valence-corrected chi connectivity index (χ2v) is 10.2. The molecule has 8 nitrogen and oxygen atoms in total. The Morgan fingerprint density at radius 3 is 2.97 bits per heavy atom. The third-order valence-corrected chi connectivity index (χ3v) is 7.94. The van der Waals surface area contributed by atoms with Crippen molar-refractivity contribution in [2.45, 2.75) is 37.6 Å². The summed E-state index contributed by atoms with van der Waals surface area (Å²) in [5.74, 6) is 0.209. The number of H-pyrrole nitrogens is 1. The first-order valence-electron chi connectivity index (χ1n) is 12.9. The number of morpholine rings is 1. The molecule has 2 aliphatic heterocycles. The van der Waals surface area contributed by atoms with Crippen LogP contribution in [0.3, 0.4) is 0 Å². The molecular weight excluding hydrogens is 473 g/mol. The number of hydrogen-bond donors (Lipinski definition) is 3. The van der Waals surface area contributed by atoms with Crippen LogP contribution in [-0.2, 0) is 16.6 Å². The molecule has 2 aromatic heterocycles. The molecule has 0 unspecified atom stereocenters. The van der Waals surface area contributed by atoms with Crippen LogP contribution in [0.2, 0.25) is 0 Å². The lowest BCUT2D eigenvalue weighted by atomic mass is 9.93. The number of carbonyl (C=O) groups is 1. The van der Waals surface area contributed by atoms with E-state index >= 15 is 0 Å². The number of nitrogens with zero attached hydrogens (tertiary/aromatic N) is 2. The van der Waals surface area contributed by atoms with Crippen LogP contribution in [0.4, 0.5) is 15.8 Å². The van der Waals surface area contributed by atoms with Gasteiger partial charge >= 0.3 is 0 Å². The minimum atomic E-state index is -0.270. The number of likely N-dealkylation sites (N-methyl/N-ethyl adjacent to an activating group) is 1. The molecule has 1 saturated carbocycles. The molecule has 4 heterocycles. The van der Waals surface area contributed by atoms with Gasteiger partial charge in [-0.3, -0.25) is 14.7 Å². The molecule has 1 atom stereocenters. The molecule has 3 N–H and O–H groups in total. The molecule has 6 rings (SSSR count). The van der Waals surface area contributed by atoms with Gasteiger partial charge in [-0.15, -0.1) is 0 Å². The SMILES string of the molecule is CCc1c(F)cccc1Nc1c(-c2ccncc2OC[C@H]2COCCN2C)[nH]c2c1C(=O)NCC21CC1. The van der Waals surface area contributed by atoms with E-state index in [1.165, 1.54) is 6.07 Å². The van der Waals surface area contributed by atoms with Crippen LogP contribution >= 0.6 is 0 Å². The molecule has 0 radical (unpaired) electrons. The minimum absolute atomic E-state index is 0.0797. The van der Waals surface area contributed by atoms with Crippen LogP contribution < -0.4 is 15.4 Å². The third kappa shape index (κ3) is 4.26. The lowest BCUT2D eigenvalue weighted by Crippen LogP contribution is -2.46. The normalized spacial score (nSPS) is 20.4. The molecule has 0 bridgehead atoms. The fourth-order valence-corrected chi connectivity index (χ4v) is 5.43. The van der Waals surface area contributed by atoms with Crippen LogP contribution in [0.15, 0.2) is 36.7 Å². The predicted octanol–water partition coefficient (Wildman–Crippen LogP) is 4.01. The monoisotopic (exact) mass is 505 g/mol. The number of pyridine rings is 1. The molecule has 1 aliphatic carbocycles. The van der Waals surface area contributed by atoms with E-state index in [0.717, 1.165) is 42.9 Å². The van der Waals surface area contributed by atoms with E-state index in [9.17, 15) is 9.18 Å². The van der Waals surface area contributed by atoms with Crippen LogP contribution in [0, 0.1) is 5.82 Å². The maximum absolute atomic E-state index is 14.7. The average molecular weight is 506 g/mol. The van der Waals surface area contributed by atoms with Gasteiger partial charge in [0.25, 0.3) is 5.91 Å². The van der Waals surface area contributed by atoms with Crippen molar-refractivity contribution in [2.75, 3.05) is 45.3 Å². The van der Waals surface area contributed by atoms with Gasteiger partial charge in [0.05, 0.1) is 42.4 Å². The zero-order valence-corrected chi connectivity index (χ0v) is 21.2. The number of carbonyl (C=O) groups excluding carboxylic acids is 1. The van der Waals surface area contributed by atoms with Gasteiger partial charge in [0, 0.05) is 47.2 Å². The van der Waals surface area contributed by atoms with Crippen molar-refractivity contribution in [1.82, 2.24) is 20.2 Å². The zero-order chi connectivity index (χ0) is 25.6. The Morgan fingerprint density at radius 2 is 2.19 bits per heavy atom. The maximum atomic E-state index is 14.7. The number of amides is 1. The summed E-state index contributed by atoms with van der Waals surface area (Å²) in [6.45, 7) is 5.17. The molecule has 2 fully saturated rings. The quantitative estimate of drug-likeness (QED) is 0.450. The Hall–Kier alpha value is -3.43. The van der Waals surface area contributed by atoms with Crippen LogP contribution in [0.1, 0.15) is 41.4 Å². The number of halogens is 1. The number of rotatable bonds is 7. The highest BCUT2D eigenvalue weighted by Crippen LogP contribution is 2.54. The second-order valence-electron chi connectivity index (χ2n) is 10.2. The molecule has 3 aliphatic rings. The van der Waals surface area contributed by atoms with Gasteiger partial charge in [-0.2, -0.15) is 0 Å². The molecular formula is C28H32FN5O3. The Balaban J connectivity index is 1.44. The van der Waals surface area contributed by atoms with Crippen LogP contribution in [-0.4, -0.2) is 66.8 Å². The number of hydrogen-bond acceptors (Lipinski definition) is 6. The van der Waals surface area contributed by atoms with Crippen LogP contribution in [0.25, 0.3) is 11.3 Å². The van der Waals surface area contributed by atoms with Crippen molar-refractivity contribution in [3.8, 4) is 17.0 Å². The summed E-state index contributed by atoms with van der Waals surface area (Å²) < 4.78 is 26.6. The highest BCUT2D eigenvalue weighted by Gasteiger charge is 2.51. The molecule has 1 amide bonds. The number of ether oxygens (including phenoxy) is 2. The van der Waals surface area contributed by atoms with Gasteiger partial charge < -0.3 is 25.1 Å². The van der Waals surface area contributed by atoms with E-state index in [1.54, 1.807) is 18.5 Å². The van der Waals surface area contributed by atoms with E-state index < -0.39 is 0 Å². The topological polar surface area (TPSA) is 91.5 Å². The van der Waals surface area contributed by atoms with Gasteiger partial charge in [-0.1, -0.05) is 13.0 Å². The van der Waals surface area contributed by atoms with Crippen molar-refractivity contribution < 1.29 is 18.7 Å². The Kier molecular flexibility index (Phi) is 6.12. The van der Waals surface area contributed by atoms with Crippen molar-refractivity contribution in [1.29, 1.82) is 0 Å². The molecule has 3 aromatic rings. The number of benzene rings is 1. The van der Waals surface area contributed by atoms with Gasteiger partial charge in [0.1, 0.15) is 18.2 Å². The minimum Gasteiger partial charge on any atom is -0.490 e. The highest BCUT2D eigenvalue weighted by molar-refractivity contribution is 6.07. The molecule has 9 heteroatoms.